The zero-order valence-corrected chi connectivity index (χ0v) is 35.1. The van der Waals surface area contributed by atoms with Gasteiger partial charge in [-0.2, -0.15) is 0 Å². The molecule has 8 rings (SSSR count). The van der Waals surface area contributed by atoms with Crippen molar-refractivity contribution in [3.8, 4) is 67.5 Å². The highest BCUT2D eigenvalue weighted by Crippen LogP contribution is 2.45. The first kappa shape index (κ1) is 28.3. The van der Waals surface area contributed by atoms with E-state index in [1.807, 2.05) is 87.5 Å². The smallest absolute Gasteiger partial charge is 0.149 e. The van der Waals surface area contributed by atoms with Crippen molar-refractivity contribution in [1.29, 1.82) is 0 Å². The highest BCUT2D eigenvalue weighted by Gasteiger charge is 2.29. The minimum atomic E-state index is -3.12. The Hall–Kier alpha value is -6.26. The van der Waals surface area contributed by atoms with Crippen LogP contribution in [0, 0.1) is 13.7 Å². The zero-order chi connectivity index (χ0) is 52.7. The number of imidazole rings is 1. The van der Waals surface area contributed by atoms with Crippen LogP contribution in [0.3, 0.4) is 0 Å². The first-order chi connectivity index (χ1) is 33.3. The Balaban J connectivity index is 1.46. The van der Waals surface area contributed by atoms with Crippen molar-refractivity contribution >= 4 is 11.0 Å². The number of aryl methyl sites for hydroxylation is 2. The second-order valence-corrected chi connectivity index (χ2v) is 17.9. The van der Waals surface area contributed by atoms with Crippen molar-refractivity contribution in [3.63, 3.8) is 0 Å². The van der Waals surface area contributed by atoms with E-state index in [1.54, 1.807) is 59.3 Å². The van der Waals surface area contributed by atoms with Gasteiger partial charge in [0.15, 0.2) is 0 Å². The molecule has 8 aromatic rings. The van der Waals surface area contributed by atoms with Gasteiger partial charge in [-0.1, -0.05) is 153 Å². The number of benzene rings is 6. The van der Waals surface area contributed by atoms with E-state index < -0.39 is 44.0 Å². The van der Waals surface area contributed by atoms with Crippen LogP contribution < -0.4 is 0 Å². The predicted molar refractivity (Wildman–Crippen MR) is 253 cm³/mol. The Morgan fingerprint density at radius 3 is 1.93 bits per heavy atom. The maximum Gasteiger partial charge on any atom is 0.149 e. The molecular formula is C56H57N3O. The maximum absolute atomic E-state index is 12.6. The highest BCUT2D eigenvalue weighted by atomic mass is 16.3. The largest absolute Gasteiger partial charge is 0.507 e. The van der Waals surface area contributed by atoms with Crippen LogP contribution in [0.1, 0.15) is 106 Å². The third-order valence-corrected chi connectivity index (χ3v) is 11.2. The number of fused-ring (bicyclic) bond motifs is 1. The first-order valence-electron chi connectivity index (χ1n) is 26.1. The lowest BCUT2D eigenvalue weighted by atomic mass is 9.79. The number of hydrogen-bond donors (Lipinski definition) is 1. The van der Waals surface area contributed by atoms with Gasteiger partial charge in [-0.3, -0.25) is 9.55 Å². The maximum atomic E-state index is 12.6. The lowest BCUT2D eigenvalue weighted by Gasteiger charge is -2.27. The number of hydrogen-bond acceptors (Lipinski definition) is 3. The van der Waals surface area contributed by atoms with E-state index in [2.05, 4.69) is 32.9 Å². The minimum Gasteiger partial charge on any atom is -0.507 e. The van der Waals surface area contributed by atoms with E-state index in [0.717, 1.165) is 40.3 Å². The number of phenolic OH excluding ortho intramolecular Hbond substituents is 1. The normalized spacial score (nSPS) is 16.1. The van der Waals surface area contributed by atoms with Gasteiger partial charge in [0.1, 0.15) is 11.6 Å². The summed E-state index contributed by atoms with van der Waals surface area (Å²) < 4.78 is 104. The van der Waals surface area contributed by atoms with Crippen molar-refractivity contribution in [1.82, 2.24) is 14.5 Å². The van der Waals surface area contributed by atoms with Gasteiger partial charge in [0.05, 0.1) is 28.0 Å². The second kappa shape index (κ2) is 15.1. The molecule has 1 N–H and O–H groups in total. The molecule has 2 aromatic heterocycles. The molecule has 60 heavy (non-hydrogen) atoms. The van der Waals surface area contributed by atoms with E-state index in [9.17, 15) is 5.11 Å². The standard InChI is InChI=1S/C56H57N3O/c1-35-20-22-38(23-21-35)40-26-27-57-48(32-40)42-29-41(30-43(31-42)54(3,4)5)45-18-15-19-50-51(45)58-53(46-33-44(55(6,7)8)34-47(52(46)60)56(9,10)11)59(50)49-25-24-39(28-36(49)2)37-16-13-12-14-17-37/h12-34,60H,1-11H3/i1D3,2D3,9D3,10D3. The van der Waals surface area contributed by atoms with Gasteiger partial charge in [-0.15, -0.1) is 0 Å². The molecule has 0 spiro atoms. The minimum absolute atomic E-state index is 0.0139. The molecular weight excluding hydrogens is 731 g/mol. The third-order valence-electron chi connectivity index (χ3n) is 11.2. The predicted octanol–water partition coefficient (Wildman–Crippen LogP) is 15.0. The molecule has 0 radical (unpaired) electrons. The number of aromatic hydroxyl groups is 1. The molecule has 0 unspecified atom stereocenters. The average Bonchev–Trinajstić information content (AvgIpc) is 3.69. The van der Waals surface area contributed by atoms with Gasteiger partial charge in [-0.25, -0.2) is 4.98 Å². The number of nitrogens with zero attached hydrogens (tertiary/aromatic N) is 3. The Morgan fingerprint density at radius 2 is 1.23 bits per heavy atom. The molecule has 4 nitrogen and oxygen atoms in total. The van der Waals surface area contributed by atoms with Crippen molar-refractivity contribution < 1.29 is 21.6 Å². The molecule has 0 saturated heterocycles. The Kier molecular flexibility index (Phi) is 7.10. The summed E-state index contributed by atoms with van der Waals surface area (Å²) in [6.07, 6.45) is 1.71. The summed E-state index contributed by atoms with van der Waals surface area (Å²) >= 11 is 0. The molecule has 2 heterocycles. The summed E-state index contributed by atoms with van der Waals surface area (Å²) in [5.74, 6) is -0.548. The number of pyridine rings is 1. The van der Waals surface area contributed by atoms with Gasteiger partial charge < -0.3 is 5.11 Å². The fourth-order valence-electron chi connectivity index (χ4n) is 7.71. The fraction of sp³-hybridized carbons (Fsp3) is 0.250. The van der Waals surface area contributed by atoms with Crippen molar-refractivity contribution in [2.75, 3.05) is 0 Å². The van der Waals surface area contributed by atoms with Crippen molar-refractivity contribution in [2.24, 2.45) is 0 Å². The van der Waals surface area contributed by atoms with Crippen LogP contribution in [-0.4, -0.2) is 19.6 Å². The lowest BCUT2D eigenvalue weighted by Crippen LogP contribution is -2.17. The molecule has 0 aliphatic heterocycles. The van der Waals surface area contributed by atoms with Crippen molar-refractivity contribution in [3.05, 3.63) is 167 Å². The van der Waals surface area contributed by atoms with Gasteiger partial charge in [0, 0.05) is 39.3 Å². The van der Waals surface area contributed by atoms with E-state index >= 15 is 0 Å². The Morgan fingerprint density at radius 1 is 0.550 bits per heavy atom. The molecule has 0 amide bonds. The zero-order valence-electron chi connectivity index (χ0n) is 47.1. The van der Waals surface area contributed by atoms with Gasteiger partial charge in [0.25, 0.3) is 0 Å². The molecule has 0 fully saturated rings. The van der Waals surface area contributed by atoms with Crippen LogP contribution in [0.25, 0.3) is 72.7 Å². The Bertz CT molecular complexity index is 3320. The van der Waals surface area contributed by atoms with Gasteiger partial charge in [-0.05, 0) is 123 Å². The summed E-state index contributed by atoms with van der Waals surface area (Å²) in [7, 11) is 0. The Labute approximate surface area is 373 Å². The van der Waals surface area contributed by atoms with Crippen LogP contribution in [0.15, 0.2) is 140 Å². The molecule has 6 aromatic carbocycles. The first-order valence-corrected chi connectivity index (χ1v) is 20.1. The van der Waals surface area contributed by atoms with Crippen LogP contribution in [0.5, 0.6) is 5.75 Å². The van der Waals surface area contributed by atoms with Crippen LogP contribution in [0.4, 0.5) is 0 Å². The topological polar surface area (TPSA) is 50.9 Å². The van der Waals surface area contributed by atoms with Crippen LogP contribution in [0.2, 0.25) is 0 Å². The number of phenols is 1. The second-order valence-electron chi connectivity index (χ2n) is 17.9. The molecule has 302 valence electrons. The van der Waals surface area contributed by atoms with Crippen LogP contribution >= 0.6 is 0 Å². The fourth-order valence-corrected chi connectivity index (χ4v) is 7.71. The molecule has 0 aliphatic carbocycles. The summed E-state index contributed by atoms with van der Waals surface area (Å²) in [4.78, 5) is 10.1. The monoisotopic (exact) mass is 800 g/mol. The van der Waals surface area contributed by atoms with Gasteiger partial charge in [0.2, 0.25) is 0 Å². The molecule has 0 bridgehead atoms. The number of para-hydroxylation sites is 1. The summed E-state index contributed by atoms with van der Waals surface area (Å²) in [5.41, 5.74) is 4.79. The number of rotatable bonds is 6. The van der Waals surface area contributed by atoms with E-state index in [4.69, 9.17) is 26.4 Å². The number of aromatic nitrogens is 3. The molecule has 0 atom stereocenters. The van der Waals surface area contributed by atoms with E-state index in [0.29, 0.717) is 33.4 Å². The SMILES string of the molecule is [2H]C([2H])([2H])c1ccc(-c2ccnc(-c3cc(-c4cccc5c4nc(-c4cc(C(C)(C)C)cc(C(C)(C([2H])([2H])[2H])C([2H])([2H])[2H])c4O)n5-c4ccc(-c5ccccc5)cc4C([2H])([2H])[2H])cc(C(C)(C)C)c3)c2)cc1. The average molecular weight is 800 g/mol. The van der Waals surface area contributed by atoms with E-state index in [-0.39, 0.29) is 39.2 Å². The van der Waals surface area contributed by atoms with Crippen molar-refractivity contribution in [2.45, 2.75) is 92.1 Å². The highest BCUT2D eigenvalue weighted by molar-refractivity contribution is 5.97. The lowest BCUT2D eigenvalue weighted by molar-refractivity contribution is 0.446. The van der Waals surface area contributed by atoms with E-state index in [1.165, 1.54) is 6.07 Å². The third kappa shape index (κ3) is 7.79. The molecule has 0 aliphatic rings. The summed E-state index contributed by atoms with van der Waals surface area (Å²) in [5, 5.41) is 12.6. The van der Waals surface area contributed by atoms with Gasteiger partial charge >= 0.3 is 0 Å². The summed E-state index contributed by atoms with van der Waals surface area (Å²) in [6, 6.07) is 40.0. The molecule has 4 heteroatoms. The quantitative estimate of drug-likeness (QED) is 0.182. The molecule has 0 saturated carbocycles. The van der Waals surface area contributed by atoms with Crippen LogP contribution in [-0.2, 0) is 16.2 Å². The summed E-state index contributed by atoms with van der Waals surface area (Å²) in [6.45, 7) is 1.95.